The van der Waals surface area contributed by atoms with Crippen molar-refractivity contribution in [3.05, 3.63) is 56.5 Å². The zero-order valence-corrected chi connectivity index (χ0v) is 10.7. The molecule has 0 amide bonds. The summed E-state index contributed by atoms with van der Waals surface area (Å²) in [5.41, 5.74) is 6.49. The van der Waals surface area contributed by atoms with Crippen molar-refractivity contribution in [2.24, 2.45) is 0 Å². The molecule has 3 N–H and O–H groups in total. The molecule has 0 atom stereocenters. The molecule has 0 unspecified atom stereocenters. The van der Waals surface area contributed by atoms with Crippen molar-refractivity contribution in [3.8, 4) is 0 Å². The number of anilines is 1. The second-order valence-electron chi connectivity index (χ2n) is 3.71. The first-order valence-corrected chi connectivity index (χ1v) is 6.03. The van der Waals surface area contributed by atoms with Gasteiger partial charge in [-0.3, -0.25) is 4.79 Å². The minimum Gasteiger partial charge on any atom is -0.383 e. The van der Waals surface area contributed by atoms with E-state index in [0.29, 0.717) is 12.2 Å². The maximum atomic E-state index is 11.2. The van der Waals surface area contributed by atoms with Crippen molar-refractivity contribution in [1.29, 1.82) is 0 Å². The topological polar surface area (TPSA) is 71.8 Å². The molecule has 1 aromatic carbocycles. The average Bonchev–Trinajstić information content (AvgIpc) is 2.27. The second-order valence-corrected chi connectivity index (χ2v) is 4.56. The Morgan fingerprint density at radius 2 is 2.06 bits per heavy atom. The third kappa shape index (κ3) is 3.17. The molecule has 0 bridgehead atoms. The lowest BCUT2D eigenvalue weighted by Gasteiger charge is -2.04. The lowest BCUT2D eigenvalue weighted by Crippen LogP contribution is -2.13. The van der Waals surface area contributed by atoms with Crippen LogP contribution in [0.5, 0.6) is 0 Å². The van der Waals surface area contributed by atoms with E-state index < -0.39 is 0 Å². The Morgan fingerprint density at radius 3 is 2.76 bits per heavy atom. The van der Waals surface area contributed by atoms with Gasteiger partial charge in [0.05, 0.1) is 0 Å². The SMILES string of the molecule is Nc1cc(=O)[nH]c(CCc2ccccc2Br)n1. The van der Waals surface area contributed by atoms with Crippen LogP contribution in [0.25, 0.3) is 0 Å². The molecule has 0 aliphatic heterocycles. The third-order valence-electron chi connectivity index (χ3n) is 2.40. The van der Waals surface area contributed by atoms with Gasteiger partial charge in [-0.2, -0.15) is 0 Å². The van der Waals surface area contributed by atoms with Gasteiger partial charge in [0.15, 0.2) is 0 Å². The van der Waals surface area contributed by atoms with E-state index in [0.717, 1.165) is 10.9 Å². The van der Waals surface area contributed by atoms with Gasteiger partial charge >= 0.3 is 0 Å². The van der Waals surface area contributed by atoms with Crippen LogP contribution in [0.15, 0.2) is 39.6 Å². The quantitative estimate of drug-likeness (QED) is 0.908. The maximum absolute atomic E-state index is 11.2. The van der Waals surface area contributed by atoms with Crippen molar-refractivity contribution >= 4 is 21.7 Å². The summed E-state index contributed by atoms with van der Waals surface area (Å²) in [5.74, 6) is 0.877. The van der Waals surface area contributed by atoms with E-state index in [-0.39, 0.29) is 11.4 Å². The fourth-order valence-electron chi connectivity index (χ4n) is 1.60. The Balaban J connectivity index is 2.13. The highest BCUT2D eigenvalue weighted by Crippen LogP contribution is 2.17. The molecule has 0 aliphatic rings. The van der Waals surface area contributed by atoms with Gasteiger partial charge in [0.25, 0.3) is 5.56 Å². The first kappa shape index (κ1) is 11.9. The number of nitrogens with one attached hydrogen (secondary N) is 1. The van der Waals surface area contributed by atoms with E-state index in [4.69, 9.17) is 5.73 Å². The van der Waals surface area contributed by atoms with Crippen LogP contribution in [0.1, 0.15) is 11.4 Å². The molecule has 4 nitrogen and oxygen atoms in total. The normalized spacial score (nSPS) is 10.4. The standard InChI is InChI=1S/C12H12BrN3O/c13-9-4-2-1-3-8(9)5-6-11-15-10(14)7-12(17)16-11/h1-4,7H,5-6H2,(H3,14,15,16,17). The molecule has 88 valence electrons. The van der Waals surface area contributed by atoms with Gasteiger partial charge in [-0.05, 0) is 18.1 Å². The highest BCUT2D eigenvalue weighted by molar-refractivity contribution is 9.10. The molecule has 17 heavy (non-hydrogen) atoms. The number of halogens is 1. The molecular weight excluding hydrogens is 282 g/mol. The van der Waals surface area contributed by atoms with Gasteiger partial charge < -0.3 is 10.7 Å². The minimum absolute atomic E-state index is 0.209. The van der Waals surface area contributed by atoms with E-state index in [1.54, 1.807) is 0 Å². The summed E-state index contributed by atoms with van der Waals surface area (Å²) < 4.78 is 1.06. The number of aryl methyl sites for hydroxylation is 2. The van der Waals surface area contributed by atoms with Crippen molar-refractivity contribution in [2.75, 3.05) is 5.73 Å². The van der Waals surface area contributed by atoms with Gasteiger partial charge in [-0.15, -0.1) is 0 Å². The van der Waals surface area contributed by atoms with E-state index in [1.807, 2.05) is 24.3 Å². The van der Waals surface area contributed by atoms with Crippen LogP contribution in [0.4, 0.5) is 5.82 Å². The summed E-state index contributed by atoms with van der Waals surface area (Å²) in [5, 5.41) is 0. The monoisotopic (exact) mass is 293 g/mol. The number of rotatable bonds is 3. The first-order valence-electron chi connectivity index (χ1n) is 5.24. The van der Waals surface area contributed by atoms with Crippen LogP contribution >= 0.6 is 15.9 Å². The van der Waals surface area contributed by atoms with E-state index in [2.05, 4.69) is 25.9 Å². The predicted molar refractivity (Wildman–Crippen MR) is 70.8 cm³/mol. The Morgan fingerprint density at radius 1 is 1.29 bits per heavy atom. The molecule has 0 radical (unpaired) electrons. The smallest absolute Gasteiger partial charge is 0.252 e. The van der Waals surface area contributed by atoms with E-state index in [1.165, 1.54) is 11.6 Å². The van der Waals surface area contributed by atoms with Crippen LogP contribution < -0.4 is 11.3 Å². The van der Waals surface area contributed by atoms with Crippen molar-refractivity contribution < 1.29 is 0 Å². The Kier molecular flexibility index (Phi) is 3.58. The Bertz CT molecular complexity index is 580. The van der Waals surface area contributed by atoms with Crippen LogP contribution in [0.3, 0.4) is 0 Å². The second kappa shape index (κ2) is 5.14. The minimum atomic E-state index is -0.209. The average molecular weight is 294 g/mol. The molecule has 0 spiro atoms. The molecule has 0 aliphatic carbocycles. The highest BCUT2D eigenvalue weighted by Gasteiger charge is 2.02. The number of aromatic nitrogens is 2. The molecule has 0 saturated carbocycles. The van der Waals surface area contributed by atoms with Crippen molar-refractivity contribution in [2.45, 2.75) is 12.8 Å². The number of nitrogens with zero attached hydrogens (tertiary/aromatic N) is 1. The zero-order chi connectivity index (χ0) is 12.3. The van der Waals surface area contributed by atoms with E-state index >= 15 is 0 Å². The predicted octanol–water partition coefficient (Wildman–Crippen LogP) is 1.90. The molecular formula is C12H12BrN3O. The largest absolute Gasteiger partial charge is 0.383 e. The first-order chi connectivity index (χ1) is 8.15. The van der Waals surface area contributed by atoms with Gasteiger partial charge in [0.1, 0.15) is 11.6 Å². The van der Waals surface area contributed by atoms with Crippen molar-refractivity contribution in [3.63, 3.8) is 0 Å². The number of nitrogens with two attached hydrogens (primary N) is 1. The lowest BCUT2D eigenvalue weighted by molar-refractivity contribution is 0.848. The lowest BCUT2D eigenvalue weighted by atomic mass is 10.1. The molecule has 0 fully saturated rings. The van der Waals surface area contributed by atoms with Crippen LogP contribution in [-0.4, -0.2) is 9.97 Å². The van der Waals surface area contributed by atoms with Gasteiger partial charge in [-0.1, -0.05) is 34.1 Å². The fourth-order valence-corrected chi connectivity index (χ4v) is 2.08. The number of H-pyrrole nitrogens is 1. The summed E-state index contributed by atoms with van der Waals surface area (Å²) in [6.07, 6.45) is 1.46. The van der Waals surface area contributed by atoms with Gasteiger partial charge in [-0.25, -0.2) is 4.98 Å². The summed E-state index contributed by atoms with van der Waals surface area (Å²) in [7, 11) is 0. The zero-order valence-electron chi connectivity index (χ0n) is 9.11. The molecule has 1 aromatic heterocycles. The summed E-state index contributed by atoms with van der Waals surface area (Å²) in [6, 6.07) is 9.26. The summed E-state index contributed by atoms with van der Waals surface area (Å²) in [4.78, 5) is 18.0. The van der Waals surface area contributed by atoms with E-state index in [9.17, 15) is 4.79 Å². The van der Waals surface area contributed by atoms with Crippen molar-refractivity contribution in [1.82, 2.24) is 9.97 Å². The number of nitrogen functional groups attached to an aromatic ring is 1. The van der Waals surface area contributed by atoms with Gasteiger partial charge in [0.2, 0.25) is 0 Å². The highest BCUT2D eigenvalue weighted by atomic mass is 79.9. The number of hydrogen-bond acceptors (Lipinski definition) is 3. The Labute approximate surface area is 107 Å². The fraction of sp³-hybridized carbons (Fsp3) is 0.167. The number of benzene rings is 1. The molecule has 2 aromatic rings. The van der Waals surface area contributed by atoms with Crippen LogP contribution in [0, 0.1) is 0 Å². The third-order valence-corrected chi connectivity index (χ3v) is 3.17. The van der Waals surface area contributed by atoms with Crippen LogP contribution in [-0.2, 0) is 12.8 Å². The maximum Gasteiger partial charge on any atom is 0.252 e. The number of hydrogen-bond donors (Lipinski definition) is 2. The van der Waals surface area contributed by atoms with Crippen LogP contribution in [0.2, 0.25) is 0 Å². The Hall–Kier alpha value is -1.62. The number of aromatic amines is 1. The molecule has 2 rings (SSSR count). The summed E-state index contributed by atoms with van der Waals surface area (Å²) in [6.45, 7) is 0. The molecule has 0 saturated heterocycles. The molecule has 5 heteroatoms. The summed E-state index contributed by atoms with van der Waals surface area (Å²) >= 11 is 3.48. The molecule has 1 heterocycles. The van der Waals surface area contributed by atoms with Gasteiger partial charge in [0, 0.05) is 17.0 Å².